The summed E-state index contributed by atoms with van der Waals surface area (Å²) in [5.74, 6) is -0.378. The number of piperazine rings is 1. The Hall–Kier alpha value is -2.56. The van der Waals surface area contributed by atoms with Gasteiger partial charge in [0.1, 0.15) is 0 Å². The highest BCUT2D eigenvalue weighted by Gasteiger charge is 2.30. The molecule has 0 spiro atoms. The third kappa shape index (κ3) is 5.38. The number of anilines is 2. The van der Waals surface area contributed by atoms with Crippen molar-refractivity contribution in [3.8, 4) is 0 Å². The topological polar surface area (TPSA) is 85.9 Å². The summed E-state index contributed by atoms with van der Waals surface area (Å²) in [6, 6.07) is 8.42. The largest absolute Gasteiger partial charge is 0.294 e. The molecule has 1 aromatic heterocycles. The molecule has 10 heteroatoms. The predicted molar refractivity (Wildman–Crippen MR) is 118 cm³/mol. The van der Waals surface area contributed by atoms with Crippen molar-refractivity contribution in [3.05, 3.63) is 53.6 Å². The molecule has 1 aliphatic heterocycles. The van der Waals surface area contributed by atoms with Crippen LogP contribution in [0.3, 0.4) is 0 Å². The number of carbonyl (C=O) groups excluding carboxylic acids is 1. The van der Waals surface area contributed by atoms with Gasteiger partial charge < -0.3 is 0 Å². The molecule has 3 rings (SSSR count). The van der Waals surface area contributed by atoms with Crippen LogP contribution >= 0.6 is 0 Å². The monoisotopic (exact) mass is 449 g/mol. The van der Waals surface area contributed by atoms with E-state index in [1.54, 1.807) is 37.3 Å². The zero-order valence-electron chi connectivity index (χ0n) is 18.0. The van der Waals surface area contributed by atoms with Gasteiger partial charge >= 0.3 is 0 Å². The van der Waals surface area contributed by atoms with Crippen LogP contribution in [0.1, 0.15) is 25.1 Å². The molecule has 1 aromatic carbocycles. The third-order valence-electron chi connectivity index (χ3n) is 5.46. The van der Waals surface area contributed by atoms with E-state index in [1.165, 1.54) is 15.5 Å². The van der Waals surface area contributed by atoms with E-state index < -0.39 is 15.8 Å². The number of nitrogens with zero attached hydrogens (tertiary/aromatic N) is 4. The standard InChI is InChI=1S/C21H28FN5O3S/c1-4-31(29,30)26-11-10-25(17(3)13-26)14-18-6-5-7-20(21(18)22)24-27(15-28)19-9-8-16(2)23-12-19/h5-9,12,15,17,24H,4,10-11,13-14H2,1-3H3/t17-/m0/s1. The lowest BCUT2D eigenvalue weighted by Crippen LogP contribution is -2.53. The molecule has 1 saturated heterocycles. The number of nitrogens with one attached hydrogen (secondary N) is 1. The molecule has 0 aliphatic carbocycles. The Morgan fingerprint density at radius 1 is 1.29 bits per heavy atom. The molecule has 0 bridgehead atoms. The summed E-state index contributed by atoms with van der Waals surface area (Å²) in [4.78, 5) is 17.8. The molecule has 1 atom stereocenters. The number of amides is 1. The summed E-state index contributed by atoms with van der Waals surface area (Å²) >= 11 is 0. The van der Waals surface area contributed by atoms with Crippen LogP contribution in [0.4, 0.5) is 15.8 Å². The fourth-order valence-corrected chi connectivity index (χ4v) is 4.69. The number of hydrogen-bond donors (Lipinski definition) is 1. The fourth-order valence-electron chi connectivity index (χ4n) is 3.52. The van der Waals surface area contributed by atoms with Crippen molar-refractivity contribution in [1.29, 1.82) is 0 Å². The Labute approximate surface area is 182 Å². The molecule has 2 aromatic rings. The average molecular weight is 450 g/mol. The number of hydrogen-bond acceptors (Lipinski definition) is 6. The molecular weight excluding hydrogens is 421 g/mol. The van der Waals surface area contributed by atoms with Crippen molar-refractivity contribution < 1.29 is 17.6 Å². The number of aryl methyl sites for hydroxylation is 1. The molecule has 8 nitrogen and oxygen atoms in total. The molecule has 1 aliphatic rings. The lowest BCUT2D eigenvalue weighted by Gasteiger charge is -2.39. The molecule has 31 heavy (non-hydrogen) atoms. The summed E-state index contributed by atoms with van der Waals surface area (Å²) < 4.78 is 41.0. The van der Waals surface area contributed by atoms with Crippen LogP contribution < -0.4 is 10.4 Å². The summed E-state index contributed by atoms with van der Waals surface area (Å²) in [6.07, 6.45) is 2.10. The summed E-state index contributed by atoms with van der Waals surface area (Å²) in [7, 11) is -3.23. The van der Waals surface area contributed by atoms with Crippen molar-refractivity contribution >= 4 is 27.8 Å². The van der Waals surface area contributed by atoms with Gasteiger partial charge in [0.15, 0.2) is 5.82 Å². The van der Waals surface area contributed by atoms with Crippen LogP contribution in [0, 0.1) is 12.7 Å². The first-order valence-corrected chi connectivity index (χ1v) is 11.8. The number of halogens is 1. The highest BCUT2D eigenvalue weighted by atomic mass is 32.2. The van der Waals surface area contributed by atoms with E-state index in [4.69, 9.17) is 0 Å². The van der Waals surface area contributed by atoms with Crippen molar-refractivity contribution in [2.24, 2.45) is 0 Å². The van der Waals surface area contributed by atoms with Crippen molar-refractivity contribution in [3.63, 3.8) is 0 Å². The second-order valence-electron chi connectivity index (χ2n) is 7.60. The van der Waals surface area contributed by atoms with Crippen molar-refractivity contribution in [2.45, 2.75) is 33.4 Å². The van der Waals surface area contributed by atoms with E-state index in [9.17, 15) is 13.2 Å². The Bertz CT molecular complexity index is 1020. The number of aromatic nitrogens is 1. The van der Waals surface area contributed by atoms with Crippen LogP contribution in [0.25, 0.3) is 0 Å². The van der Waals surface area contributed by atoms with Crippen molar-refractivity contribution in [2.75, 3.05) is 35.8 Å². The lowest BCUT2D eigenvalue weighted by molar-refractivity contribution is -0.107. The minimum atomic E-state index is -3.23. The molecule has 1 amide bonds. The van der Waals surface area contributed by atoms with Gasteiger partial charge in [0, 0.05) is 43.5 Å². The third-order valence-corrected chi connectivity index (χ3v) is 7.31. The Kier molecular flexibility index (Phi) is 7.24. The van der Waals surface area contributed by atoms with E-state index in [2.05, 4.69) is 15.3 Å². The quantitative estimate of drug-likeness (QED) is 0.492. The van der Waals surface area contributed by atoms with Crippen molar-refractivity contribution in [1.82, 2.24) is 14.2 Å². The summed E-state index contributed by atoms with van der Waals surface area (Å²) in [5.41, 5.74) is 4.74. The molecule has 1 N–H and O–H groups in total. The van der Waals surface area contributed by atoms with E-state index in [-0.39, 0.29) is 17.5 Å². The van der Waals surface area contributed by atoms with Crippen LogP contribution in [-0.2, 0) is 21.4 Å². The second-order valence-corrected chi connectivity index (χ2v) is 9.86. The van der Waals surface area contributed by atoms with Gasteiger partial charge in [-0.05, 0) is 39.0 Å². The van der Waals surface area contributed by atoms with Gasteiger partial charge in [-0.3, -0.25) is 20.1 Å². The predicted octanol–water partition coefficient (Wildman–Crippen LogP) is 2.37. The van der Waals surface area contributed by atoms with E-state index in [0.717, 1.165) is 5.69 Å². The van der Waals surface area contributed by atoms with Gasteiger partial charge in [0.25, 0.3) is 0 Å². The minimum absolute atomic E-state index is 0.0452. The smallest absolute Gasteiger partial charge is 0.232 e. The Morgan fingerprint density at radius 2 is 2.06 bits per heavy atom. The molecule has 0 unspecified atom stereocenters. The number of sulfonamides is 1. The second kappa shape index (κ2) is 9.71. The first kappa shape index (κ1) is 23.1. The van der Waals surface area contributed by atoms with Crippen LogP contribution in [0.5, 0.6) is 0 Å². The van der Waals surface area contributed by atoms with Gasteiger partial charge in [-0.1, -0.05) is 12.1 Å². The number of rotatable bonds is 8. The molecule has 0 radical (unpaired) electrons. The molecule has 168 valence electrons. The number of hydrazine groups is 1. The molecular formula is C21H28FN5O3S. The van der Waals surface area contributed by atoms with Gasteiger partial charge in [-0.2, -0.15) is 4.31 Å². The zero-order valence-corrected chi connectivity index (χ0v) is 18.8. The minimum Gasteiger partial charge on any atom is -0.294 e. The van der Waals surface area contributed by atoms with Crippen LogP contribution in [0.2, 0.25) is 0 Å². The average Bonchev–Trinajstić information content (AvgIpc) is 2.76. The van der Waals surface area contributed by atoms with E-state index in [1.807, 2.05) is 13.8 Å². The van der Waals surface area contributed by atoms with Gasteiger partial charge in [0.2, 0.25) is 16.4 Å². The van der Waals surface area contributed by atoms with E-state index in [0.29, 0.717) is 43.8 Å². The Morgan fingerprint density at radius 3 is 2.68 bits per heavy atom. The number of pyridine rings is 1. The summed E-state index contributed by atoms with van der Waals surface area (Å²) in [5, 5.41) is 1.17. The maximum atomic E-state index is 15.2. The maximum absolute atomic E-state index is 15.2. The molecule has 2 heterocycles. The number of carbonyl (C=O) groups is 1. The van der Waals surface area contributed by atoms with Gasteiger partial charge in [0.05, 0.1) is 23.3 Å². The van der Waals surface area contributed by atoms with E-state index >= 15 is 4.39 Å². The highest BCUT2D eigenvalue weighted by Crippen LogP contribution is 2.24. The van der Waals surface area contributed by atoms with Crippen LogP contribution in [0.15, 0.2) is 36.5 Å². The maximum Gasteiger partial charge on any atom is 0.232 e. The zero-order chi connectivity index (χ0) is 22.6. The SMILES string of the molecule is CCS(=O)(=O)N1CCN(Cc2cccc(NN(C=O)c3ccc(C)nc3)c2F)[C@@H](C)C1. The van der Waals surface area contributed by atoms with Gasteiger partial charge in [-0.15, -0.1) is 0 Å². The highest BCUT2D eigenvalue weighted by molar-refractivity contribution is 7.89. The van der Waals surface area contributed by atoms with Gasteiger partial charge in [-0.25, -0.2) is 17.8 Å². The first-order valence-electron chi connectivity index (χ1n) is 10.2. The molecule has 1 fully saturated rings. The summed E-state index contributed by atoms with van der Waals surface area (Å²) in [6.45, 7) is 7.05. The normalized spacial score (nSPS) is 18.0. The van der Waals surface area contributed by atoms with Crippen LogP contribution in [-0.4, -0.2) is 60.4 Å². The fraction of sp³-hybridized carbons (Fsp3) is 0.429. The molecule has 0 saturated carbocycles. The first-order chi connectivity index (χ1) is 14.7. The Balaban J connectivity index is 1.72. The number of benzene rings is 1. The lowest BCUT2D eigenvalue weighted by atomic mass is 10.1.